The van der Waals surface area contributed by atoms with E-state index >= 15 is 0 Å². The number of ether oxygens (including phenoxy) is 1. The predicted molar refractivity (Wildman–Crippen MR) is 210 cm³/mol. The molecule has 0 aliphatic heterocycles. The summed E-state index contributed by atoms with van der Waals surface area (Å²) in [7, 11) is -2.19. The molecule has 0 aromatic heterocycles. The summed E-state index contributed by atoms with van der Waals surface area (Å²) < 4.78 is 18.5. The SMILES string of the molecule is CN(C(=O)OCc1ccc(NC(=O)N[C@@H](CCC(=O)O)C(=O)O)cc1)c1ccc(N(CCO[Si](C)(C)C(C)(C)C)CCO[Si](C)(C)C(C)(C)C)cc1. The molecule has 0 saturated carbocycles. The van der Waals surface area contributed by atoms with Crippen molar-refractivity contribution in [3.05, 3.63) is 54.1 Å². The van der Waals surface area contributed by atoms with Crippen LogP contribution in [0.4, 0.5) is 26.7 Å². The van der Waals surface area contributed by atoms with E-state index in [4.69, 9.17) is 18.7 Å². The Morgan fingerprint density at radius 3 is 1.69 bits per heavy atom. The fraction of sp³-hybridized carbons (Fsp3) is 0.568. The molecule has 0 aliphatic carbocycles. The molecule has 0 heterocycles. The molecule has 15 heteroatoms. The molecule has 0 radical (unpaired) electrons. The van der Waals surface area contributed by atoms with Crippen LogP contribution in [0.5, 0.6) is 0 Å². The van der Waals surface area contributed by atoms with E-state index in [1.165, 1.54) is 4.90 Å². The summed E-state index contributed by atoms with van der Waals surface area (Å²) in [6.07, 6.45) is -1.19. The van der Waals surface area contributed by atoms with Gasteiger partial charge in [0, 0.05) is 43.6 Å². The summed E-state index contributed by atoms with van der Waals surface area (Å²) >= 11 is 0. The summed E-state index contributed by atoms with van der Waals surface area (Å²) in [5.41, 5.74) is 2.71. The Labute approximate surface area is 311 Å². The van der Waals surface area contributed by atoms with Crippen LogP contribution in [0.15, 0.2) is 48.5 Å². The lowest BCUT2D eigenvalue weighted by Crippen LogP contribution is -2.44. The highest BCUT2D eigenvalue weighted by Crippen LogP contribution is 2.37. The molecule has 52 heavy (non-hydrogen) atoms. The van der Waals surface area contributed by atoms with Crippen LogP contribution in [0.3, 0.4) is 0 Å². The Balaban J connectivity index is 2.01. The van der Waals surface area contributed by atoms with Crippen LogP contribution in [0.1, 0.15) is 59.9 Å². The molecule has 0 spiro atoms. The van der Waals surface area contributed by atoms with Gasteiger partial charge in [0.05, 0.1) is 13.2 Å². The van der Waals surface area contributed by atoms with Gasteiger partial charge in [-0.3, -0.25) is 9.69 Å². The van der Waals surface area contributed by atoms with Crippen molar-refractivity contribution in [1.29, 1.82) is 0 Å². The molecule has 0 saturated heterocycles. The molecule has 2 rings (SSSR count). The van der Waals surface area contributed by atoms with Gasteiger partial charge in [0.1, 0.15) is 12.6 Å². The summed E-state index contributed by atoms with van der Waals surface area (Å²) in [6.45, 7) is 25.0. The first kappa shape index (κ1) is 44.2. The second-order valence-corrected chi connectivity index (χ2v) is 25.6. The van der Waals surface area contributed by atoms with Crippen LogP contribution in [0.2, 0.25) is 36.3 Å². The van der Waals surface area contributed by atoms with Crippen LogP contribution in [-0.2, 0) is 29.8 Å². The second-order valence-electron chi connectivity index (χ2n) is 16.0. The third-order valence-electron chi connectivity index (χ3n) is 9.96. The van der Waals surface area contributed by atoms with Crippen molar-refractivity contribution in [3.8, 4) is 0 Å². The van der Waals surface area contributed by atoms with Crippen molar-refractivity contribution < 1.29 is 43.0 Å². The topological polar surface area (TPSA) is 167 Å². The highest BCUT2D eigenvalue weighted by atomic mass is 28.4. The number of amides is 3. The van der Waals surface area contributed by atoms with Crippen LogP contribution < -0.4 is 20.4 Å². The zero-order valence-corrected chi connectivity index (χ0v) is 34.8. The minimum absolute atomic E-state index is 0.0136. The number of anilines is 3. The smallest absolute Gasteiger partial charge is 0.414 e. The summed E-state index contributed by atoms with van der Waals surface area (Å²) in [5, 5.41) is 23.0. The van der Waals surface area contributed by atoms with E-state index in [1.54, 1.807) is 31.3 Å². The van der Waals surface area contributed by atoms with Gasteiger partial charge in [0.2, 0.25) is 0 Å². The number of rotatable bonds is 18. The molecule has 2 aromatic carbocycles. The van der Waals surface area contributed by atoms with Crippen LogP contribution in [0, 0.1) is 0 Å². The summed E-state index contributed by atoms with van der Waals surface area (Å²) in [6, 6.07) is 12.1. The molecular formula is C37H60N4O9Si2. The zero-order chi connectivity index (χ0) is 39.5. The third-order valence-corrected chi connectivity index (χ3v) is 19.0. The van der Waals surface area contributed by atoms with E-state index < -0.39 is 53.2 Å². The minimum atomic E-state index is -1.91. The van der Waals surface area contributed by atoms with Gasteiger partial charge in [0.25, 0.3) is 0 Å². The molecule has 2 aromatic rings. The Morgan fingerprint density at radius 2 is 1.25 bits per heavy atom. The maximum Gasteiger partial charge on any atom is 0.414 e. The van der Waals surface area contributed by atoms with Gasteiger partial charge >= 0.3 is 24.1 Å². The standard InChI is InChI=1S/C37H60N4O9Si2/c1-36(2,3)51(8,9)49-24-22-41(23-25-50-52(10,11)37(4,5)6)30-18-16-29(17-19-30)40(7)35(47)48-26-27-12-14-28(15-13-27)38-34(46)39-31(33(44)45)20-21-32(42)43/h12-19,31H,20-26H2,1-11H3,(H,42,43)(H,44,45)(H2,38,39,46)/t31-/m0/s1. The Hall–Kier alpha value is -3.93. The molecule has 0 aliphatic rings. The number of carbonyl (C=O) groups excluding carboxylic acids is 2. The second kappa shape index (κ2) is 18.7. The van der Waals surface area contributed by atoms with Crippen molar-refractivity contribution in [2.24, 2.45) is 0 Å². The van der Waals surface area contributed by atoms with Crippen molar-refractivity contribution in [3.63, 3.8) is 0 Å². The lowest BCUT2D eigenvalue weighted by Gasteiger charge is -2.38. The number of benzene rings is 2. The molecule has 4 N–H and O–H groups in total. The van der Waals surface area contributed by atoms with Gasteiger partial charge in [-0.1, -0.05) is 53.7 Å². The molecule has 0 fully saturated rings. The first-order chi connectivity index (χ1) is 23.9. The van der Waals surface area contributed by atoms with Gasteiger partial charge in [-0.25, -0.2) is 14.4 Å². The van der Waals surface area contributed by atoms with Crippen molar-refractivity contribution in [2.45, 2.75) is 103 Å². The molecule has 0 unspecified atom stereocenters. The van der Waals surface area contributed by atoms with Crippen molar-refractivity contribution >= 4 is 57.8 Å². The Kier molecular flexibility index (Phi) is 15.9. The number of carboxylic acids is 2. The number of urea groups is 1. The molecule has 3 amide bonds. The normalized spacial score (nSPS) is 12.8. The predicted octanol–water partition coefficient (Wildman–Crippen LogP) is 7.75. The molecule has 1 atom stereocenters. The Bertz CT molecular complexity index is 1460. The van der Waals surface area contributed by atoms with E-state index in [1.807, 2.05) is 24.3 Å². The third kappa shape index (κ3) is 13.9. The van der Waals surface area contributed by atoms with Gasteiger partial charge in [0.15, 0.2) is 16.6 Å². The van der Waals surface area contributed by atoms with Crippen LogP contribution >= 0.6 is 0 Å². The summed E-state index contributed by atoms with van der Waals surface area (Å²) in [4.78, 5) is 51.0. The summed E-state index contributed by atoms with van der Waals surface area (Å²) in [5.74, 6) is -2.49. The Morgan fingerprint density at radius 1 is 0.769 bits per heavy atom. The zero-order valence-electron chi connectivity index (χ0n) is 32.8. The van der Waals surface area contributed by atoms with Crippen molar-refractivity contribution in [2.75, 3.05) is 48.5 Å². The molecule has 290 valence electrons. The van der Waals surface area contributed by atoms with E-state index in [0.717, 1.165) is 5.69 Å². The van der Waals surface area contributed by atoms with E-state index in [0.29, 0.717) is 43.2 Å². The van der Waals surface area contributed by atoms with Crippen LogP contribution in [0.25, 0.3) is 0 Å². The highest BCUT2D eigenvalue weighted by Gasteiger charge is 2.38. The van der Waals surface area contributed by atoms with Gasteiger partial charge in [-0.05, 0) is 84.6 Å². The average molecular weight is 761 g/mol. The fourth-order valence-corrected chi connectivity index (χ4v) is 6.46. The first-order valence-corrected chi connectivity index (χ1v) is 23.4. The number of hydrogen-bond acceptors (Lipinski definition) is 8. The number of nitrogens with one attached hydrogen (secondary N) is 2. The number of carbonyl (C=O) groups is 4. The maximum atomic E-state index is 13.0. The molecular weight excluding hydrogens is 701 g/mol. The van der Waals surface area contributed by atoms with E-state index in [-0.39, 0.29) is 23.1 Å². The molecule has 13 nitrogen and oxygen atoms in total. The largest absolute Gasteiger partial charge is 0.481 e. The average Bonchev–Trinajstić information content (AvgIpc) is 3.03. The number of nitrogens with zero attached hydrogens (tertiary/aromatic N) is 2. The monoisotopic (exact) mass is 760 g/mol. The van der Waals surface area contributed by atoms with Crippen LogP contribution in [-0.4, -0.2) is 90.3 Å². The van der Waals surface area contributed by atoms with Crippen molar-refractivity contribution in [1.82, 2.24) is 5.32 Å². The fourth-order valence-electron chi connectivity index (χ4n) is 4.39. The molecule has 0 bridgehead atoms. The quantitative estimate of drug-likeness (QED) is 0.110. The lowest BCUT2D eigenvalue weighted by molar-refractivity contribution is -0.140. The highest BCUT2D eigenvalue weighted by molar-refractivity contribution is 6.74. The lowest BCUT2D eigenvalue weighted by atomic mass is 10.1. The number of carboxylic acid groups (broad SMARTS) is 2. The van der Waals surface area contributed by atoms with E-state index in [9.17, 15) is 24.3 Å². The first-order valence-electron chi connectivity index (χ1n) is 17.6. The van der Waals surface area contributed by atoms with E-state index in [2.05, 4.69) is 83.3 Å². The van der Waals surface area contributed by atoms with Gasteiger partial charge in [-0.15, -0.1) is 0 Å². The number of hydrogen-bond donors (Lipinski definition) is 4. The maximum absolute atomic E-state index is 13.0. The van der Waals surface area contributed by atoms with Gasteiger partial charge < -0.3 is 39.3 Å². The van der Waals surface area contributed by atoms with Gasteiger partial charge in [-0.2, -0.15) is 0 Å². The minimum Gasteiger partial charge on any atom is -0.481 e. The number of aliphatic carboxylic acids is 2.